The molecule has 4 heteroatoms. The molecule has 0 saturated carbocycles. The summed E-state index contributed by atoms with van der Waals surface area (Å²) >= 11 is 0. The lowest BCUT2D eigenvalue weighted by Crippen LogP contribution is -2.33. The molecule has 24 heavy (non-hydrogen) atoms. The molecule has 0 aromatic carbocycles. The highest BCUT2D eigenvalue weighted by Crippen LogP contribution is 2.42. The molecule has 2 aliphatic rings. The Kier molecular flexibility index (Phi) is 5.36. The van der Waals surface area contributed by atoms with Gasteiger partial charge in [-0.2, -0.15) is 0 Å². The molecule has 0 spiro atoms. The maximum absolute atomic E-state index is 9.66. The molecule has 0 bridgehead atoms. The van der Waals surface area contributed by atoms with Crippen LogP contribution in [0.1, 0.15) is 43.6 Å². The number of likely N-dealkylation sites (tertiary alicyclic amines) is 1. The number of hydrogen-bond acceptors (Lipinski definition) is 3. The average molecular weight is 327 g/mol. The fourth-order valence-corrected chi connectivity index (χ4v) is 4.07. The van der Waals surface area contributed by atoms with Gasteiger partial charge in [-0.25, -0.2) is 4.98 Å². The Hall–Kier alpha value is -1.65. The van der Waals surface area contributed by atoms with Crippen molar-refractivity contribution in [1.29, 1.82) is 0 Å². The molecular formula is C20H29N3O. The molecule has 1 aromatic rings. The van der Waals surface area contributed by atoms with Crippen LogP contribution in [0.5, 0.6) is 0 Å². The summed E-state index contributed by atoms with van der Waals surface area (Å²) in [6.45, 7) is 9.72. The van der Waals surface area contributed by atoms with E-state index in [0.717, 1.165) is 37.6 Å². The van der Waals surface area contributed by atoms with Crippen molar-refractivity contribution in [3.05, 3.63) is 53.7 Å². The molecule has 3 heterocycles. The van der Waals surface area contributed by atoms with Crippen molar-refractivity contribution in [3.63, 3.8) is 0 Å². The average Bonchev–Trinajstić information content (AvgIpc) is 2.93. The SMILES string of the molecule is C=C1/C(=C\C=C/C)CCn2c(CO)cnc2C1C1CCN(C)CC1. The van der Waals surface area contributed by atoms with Crippen molar-refractivity contribution in [2.24, 2.45) is 5.92 Å². The van der Waals surface area contributed by atoms with E-state index in [1.807, 2.05) is 13.1 Å². The number of imidazole rings is 1. The first-order chi connectivity index (χ1) is 11.7. The predicted molar refractivity (Wildman–Crippen MR) is 97.8 cm³/mol. The summed E-state index contributed by atoms with van der Waals surface area (Å²) in [4.78, 5) is 7.11. The zero-order valence-electron chi connectivity index (χ0n) is 14.9. The largest absolute Gasteiger partial charge is 0.390 e. The topological polar surface area (TPSA) is 41.3 Å². The Morgan fingerprint density at radius 2 is 2.08 bits per heavy atom. The number of hydrogen-bond donors (Lipinski definition) is 1. The second-order valence-corrected chi connectivity index (χ2v) is 7.03. The van der Waals surface area contributed by atoms with Crippen molar-refractivity contribution >= 4 is 0 Å². The van der Waals surface area contributed by atoms with Crippen LogP contribution in [-0.4, -0.2) is 39.7 Å². The standard InChI is InChI=1S/C20H29N3O/c1-4-5-6-16-9-12-23-18(14-24)13-21-20(23)19(15(16)2)17-7-10-22(3)11-8-17/h4-6,13,17,19,24H,2,7-12,14H2,1,3H3/b5-4-,16-6-. The molecule has 0 amide bonds. The number of rotatable bonds is 3. The third-order valence-electron chi connectivity index (χ3n) is 5.53. The molecule has 1 fully saturated rings. The highest BCUT2D eigenvalue weighted by molar-refractivity contribution is 5.40. The second kappa shape index (κ2) is 7.49. The molecule has 1 N–H and O–H groups in total. The number of aromatic nitrogens is 2. The Balaban J connectivity index is 1.99. The number of piperidine rings is 1. The van der Waals surface area contributed by atoms with Gasteiger partial charge in [-0.1, -0.05) is 24.8 Å². The molecule has 4 nitrogen and oxygen atoms in total. The lowest BCUT2D eigenvalue weighted by atomic mass is 9.77. The highest BCUT2D eigenvalue weighted by Gasteiger charge is 2.34. The van der Waals surface area contributed by atoms with Gasteiger partial charge in [-0.3, -0.25) is 0 Å². The minimum atomic E-state index is 0.0491. The van der Waals surface area contributed by atoms with Crippen LogP contribution in [0.15, 0.2) is 42.2 Å². The second-order valence-electron chi connectivity index (χ2n) is 7.03. The molecular weight excluding hydrogens is 298 g/mol. The van der Waals surface area contributed by atoms with Gasteiger partial charge in [0.2, 0.25) is 0 Å². The lowest BCUT2D eigenvalue weighted by molar-refractivity contribution is 0.203. The molecule has 1 aromatic heterocycles. The number of aliphatic hydroxyl groups is 1. The predicted octanol–water partition coefficient (Wildman–Crippen LogP) is 3.26. The fourth-order valence-electron chi connectivity index (χ4n) is 4.07. The van der Waals surface area contributed by atoms with Crippen molar-refractivity contribution in [2.75, 3.05) is 20.1 Å². The van der Waals surface area contributed by atoms with E-state index in [1.165, 1.54) is 24.0 Å². The van der Waals surface area contributed by atoms with Crippen LogP contribution in [-0.2, 0) is 13.2 Å². The van der Waals surface area contributed by atoms with Crippen LogP contribution < -0.4 is 0 Å². The van der Waals surface area contributed by atoms with E-state index in [9.17, 15) is 5.11 Å². The number of aliphatic hydroxyl groups excluding tert-OH is 1. The number of allylic oxidation sites excluding steroid dienone is 5. The zero-order valence-corrected chi connectivity index (χ0v) is 14.9. The van der Waals surface area contributed by atoms with Crippen molar-refractivity contribution in [1.82, 2.24) is 14.5 Å². The first kappa shape index (κ1) is 17.2. The summed E-state index contributed by atoms with van der Waals surface area (Å²) in [7, 11) is 2.19. The van der Waals surface area contributed by atoms with Gasteiger partial charge in [0.1, 0.15) is 5.82 Å². The minimum Gasteiger partial charge on any atom is -0.390 e. The molecule has 0 aliphatic carbocycles. The summed E-state index contributed by atoms with van der Waals surface area (Å²) in [5.41, 5.74) is 3.46. The molecule has 1 atom stereocenters. The molecule has 1 saturated heterocycles. The van der Waals surface area contributed by atoms with Crippen LogP contribution in [0, 0.1) is 5.92 Å². The van der Waals surface area contributed by atoms with E-state index in [2.05, 4.69) is 41.3 Å². The first-order valence-electron chi connectivity index (χ1n) is 9.00. The fraction of sp³-hybridized carbons (Fsp3) is 0.550. The van der Waals surface area contributed by atoms with E-state index in [0.29, 0.717) is 5.92 Å². The van der Waals surface area contributed by atoms with Gasteiger partial charge in [0.05, 0.1) is 18.5 Å². The quantitative estimate of drug-likeness (QED) is 0.926. The Morgan fingerprint density at radius 1 is 1.33 bits per heavy atom. The van der Waals surface area contributed by atoms with Crippen LogP contribution in [0.2, 0.25) is 0 Å². The summed E-state index contributed by atoms with van der Waals surface area (Å²) < 4.78 is 2.23. The Bertz CT molecular complexity index is 648. The molecule has 1 unspecified atom stereocenters. The van der Waals surface area contributed by atoms with Crippen LogP contribution in [0.25, 0.3) is 0 Å². The summed E-state index contributed by atoms with van der Waals surface area (Å²) in [6, 6.07) is 0. The third-order valence-corrected chi connectivity index (χ3v) is 5.53. The van der Waals surface area contributed by atoms with Gasteiger partial charge < -0.3 is 14.6 Å². The highest BCUT2D eigenvalue weighted by atomic mass is 16.3. The van der Waals surface area contributed by atoms with Crippen LogP contribution in [0.4, 0.5) is 0 Å². The van der Waals surface area contributed by atoms with Gasteiger partial charge >= 0.3 is 0 Å². The normalized spacial score (nSPS) is 25.4. The van der Waals surface area contributed by atoms with E-state index >= 15 is 0 Å². The maximum Gasteiger partial charge on any atom is 0.116 e. The van der Waals surface area contributed by atoms with Crippen molar-refractivity contribution < 1.29 is 5.11 Å². The van der Waals surface area contributed by atoms with Gasteiger partial charge in [-0.15, -0.1) is 0 Å². The summed E-state index contributed by atoms with van der Waals surface area (Å²) in [5, 5.41) is 9.66. The van der Waals surface area contributed by atoms with E-state index in [4.69, 9.17) is 4.98 Å². The minimum absolute atomic E-state index is 0.0491. The van der Waals surface area contributed by atoms with Gasteiger partial charge in [0.15, 0.2) is 0 Å². The van der Waals surface area contributed by atoms with Crippen molar-refractivity contribution in [3.8, 4) is 0 Å². The van der Waals surface area contributed by atoms with Crippen LogP contribution in [0.3, 0.4) is 0 Å². The zero-order chi connectivity index (χ0) is 17.1. The van der Waals surface area contributed by atoms with E-state index < -0.39 is 0 Å². The monoisotopic (exact) mass is 327 g/mol. The molecule has 2 aliphatic heterocycles. The van der Waals surface area contributed by atoms with E-state index in [-0.39, 0.29) is 12.5 Å². The first-order valence-corrected chi connectivity index (χ1v) is 9.00. The maximum atomic E-state index is 9.66. The summed E-state index contributed by atoms with van der Waals surface area (Å²) in [5.74, 6) is 1.94. The lowest BCUT2D eigenvalue weighted by Gasteiger charge is -2.34. The molecule has 130 valence electrons. The third kappa shape index (κ3) is 3.26. The van der Waals surface area contributed by atoms with E-state index in [1.54, 1.807) is 0 Å². The Labute approximate surface area is 145 Å². The summed E-state index contributed by atoms with van der Waals surface area (Å²) in [6.07, 6.45) is 11.5. The number of fused-ring (bicyclic) bond motifs is 1. The van der Waals surface area contributed by atoms with Gasteiger partial charge in [0, 0.05) is 12.5 Å². The molecule has 0 radical (unpaired) electrons. The van der Waals surface area contributed by atoms with Gasteiger partial charge in [0.25, 0.3) is 0 Å². The van der Waals surface area contributed by atoms with Gasteiger partial charge in [-0.05, 0) is 63.4 Å². The van der Waals surface area contributed by atoms with Crippen molar-refractivity contribution in [2.45, 2.75) is 45.3 Å². The Morgan fingerprint density at radius 3 is 2.75 bits per heavy atom. The van der Waals surface area contributed by atoms with Crippen LogP contribution >= 0.6 is 0 Å². The number of nitrogens with zero attached hydrogens (tertiary/aromatic N) is 3. The smallest absolute Gasteiger partial charge is 0.116 e. The molecule has 3 rings (SSSR count).